The highest BCUT2D eigenvalue weighted by Crippen LogP contribution is 2.48. The van der Waals surface area contributed by atoms with Crippen LogP contribution in [0.5, 0.6) is 17.2 Å². The second kappa shape index (κ2) is 4.45. The summed E-state index contributed by atoms with van der Waals surface area (Å²) in [7, 11) is 3.07. The molecule has 0 aliphatic heterocycles. The molecular formula is C13H19NO3. The lowest BCUT2D eigenvalue weighted by molar-refractivity contribution is 0.338. The molecule has 3 N–H and O–H groups in total. The molecule has 4 nitrogen and oxygen atoms in total. The maximum absolute atomic E-state index is 9.81. The minimum Gasteiger partial charge on any atom is -0.502 e. The quantitative estimate of drug-likeness (QED) is 0.818. The molecule has 1 fully saturated rings. The lowest BCUT2D eigenvalue weighted by Crippen LogP contribution is -2.17. The van der Waals surface area contributed by atoms with Crippen molar-refractivity contribution >= 4 is 0 Å². The van der Waals surface area contributed by atoms with Gasteiger partial charge in [-0.1, -0.05) is 0 Å². The number of phenols is 1. The van der Waals surface area contributed by atoms with Gasteiger partial charge in [-0.3, -0.25) is 0 Å². The Morgan fingerprint density at radius 1 is 1.24 bits per heavy atom. The van der Waals surface area contributed by atoms with Gasteiger partial charge in [-0.25, -0.2) is 0 Å². The van der Waals surface area contributed by atoms with E-state index in [4.69, 9.17) is 15.2 Å². The van der Waals surface area contributed by atoms with Crippen LogP contribution in [0.4, 0.5) is 0 Å². The SMILES string of the molecule is COc1cc(CC2(CN)CC2)cc(OC)c1O. The summed E-state index contributed by atoms with van der Waals surface area (Å²) < 4.78 is 10.3. The minimum atomic E-state index is 0.0522. The summed E-state index contributed by atoms with van der Waals surface area (Å²) in [6.07, 6.45) is 3.26. The van der Waals surface area contributed by atoms with Crippen LogP contribution in [0.1, 0.15) is 18.4 Å². The normalized spacial score (nSPS) is 16.6. The van der Waals surface area contributed by atoms with E-state index in [1.54, 1.807) is 0 Å². The lowest BCUT2D eigenvalue weighted by atomic mass is 9.96. The second-order valence-corrected chi connectivity index (χ2v) is 4.73. The van der Waals surface area contributed by atoms with Crippen LogP contribution in [-0.2, 0) is 6.42 Å². The summed E-state index contributed by atoms with van der Waals surface area (Å²) in [5.74, 6) is 0.954. The van der Waals surface area contributed by atoms with Crippen LogP contribution in [-0.4, -0.2) is 25.9 Å². The zero-order valence-electron chi connectivity index (χ0n) is 10.3. The summed E-state index contributed by atoms with van der Waals surface area (Å²) in [5.41, 5.74) is 7.13. The van der Waals surface area contributed by atoms with Crippen LogP contribution in [0.2, 0.25) is 0 Å². The first-order valence-corrected chi connectivity index (χ1v) is 5.78. The van der Waals surface area contributed by atoms with Gasteiger partial charge in [-0.05, 0) is 48.9 Å². The molecule has 94 valence electrons. The van der Waals surface area contributed by atoms with Crippen LogP contribution < -0.4 is 15.2 Å². The van der Waals surface area contributed by atoms with E-state index in [0.29, 0.717) is 18.0 Å². The van der Waals surface area contributed by atoms with E-state index >= 15 is 0 Å². The van der Waals surface area contributed by atoms with Crippen LogP contribution in [0.25, 0.3) is 0 Å². The fourth-order valence-corrected chi connectivity index (χ4v) is 2.11. The summed E-state index contributed by atoms with van der Waals surface area (Å²) >= 11 is 0. The van der Waals surface area contributed by atoms with Crippen molar-refractivity contribution in [3.05, 3.63) is 17.7 Å². The standard InChI is InChI=1S/C13H19NO3/c1-16-10-5-9(6-11(17-2)12(10)15)7-13(8-14)3-4-13/h5-6,15H,3-4,7-8,14H2,1-2H3. The van der Waals surface area contributed by atoms with Gasteiger partial charge in [0.25, 0.3) is 0 Å². The van der Waals surface area contributed by atoms with Gasteiger partial charge < -0.3 is 20.3 Å². The van der Waals surface area contributed by atoms with Crippen molar-refractivity contribution in [3.8, 4) is 17.2 Å². The zero-order valence-corrected chi connectivity index (χ0v) is 10.3. The van der Waals surface area contributed by atoms with E-state index < -0.39 is 0 Å². The molecule has 0 saturated heterocycles. The monoisotopic (exact) mass is 237 g/mol. The molecule has 0 radical (unpaired) electrons. The Morgan fingerprint density at radius 2 is 1.76 bits per heavy atom. The molecule has 0 bridgehead atoms. The van der Waals surface area contributed by atoms with Gasteiger partial charge in [0.05, 0.1) is 14.2 Å². The summed E-state index contributed by atoms with van der Waals surface area (Å²) in [6.45, 7) is 0.707. The molecule has 1 aromatic rings. The number of methoxy groups -OCH3 is 2. The number of rotatable bonds is 5. The first kappa shape index (κ1) is 12.0. The molecule has 1 aliphatic carbocycles. The number of aromatic hydroxyl groups is 1. The van der Waals surface area contributed by atoms with Crippen molar-refractivity contribution in [1.82, 2.24) is 0 Å². The molecule has 2 rings (SSSR count). The fourth-order valence-electron chi connectivity index (χ4n) is 2.11. The number of nitrogens with two attached hydrogens (primary N) is 1. The van der Waals surface area contributed by atoms with Crippen LogP contribution in [0, 0.1) is 5.41 Å². The topological polar surface area (TPSA) is 64.7 Å². The Labute approximate surface area is 101 Å². The highest BCUT2D eigenvalue weighted by atomic mass is 16.5. The van der Waals surface area contributed by atoms with Gasteiger partial charge in [0.1, 0.15) is 0 Å². The average Bonchev–Trinajstić information content (AvgIpc) is 3.11. The Bertz CT molecular complexity index is 388. The van der Waals surface area contributed by atoms with E-state index in [0.717, 1.165) is 12.0 Å². The van der Waals surface area contributed by atoms with Crippen LogP contribution in [0.15, 0.2) is 12.1 Å². The number of ether oxygens (including phenoxy) is 2. The van der Waals surface area contributed by atoms with Gasteiger partial charge in [-0.15, -0.1) is 0 Å². The van der Waals surface area contributed by atoms with E-state index in [1.165, 1.54) is 27.1 Å². The summed E-state index contributed by atoms with van der Waals surface area (Å²) in [5, 5.41) is 9.81. The van der Waals surface area contributed by atoms with E-state index in [2.05, 4.69) is 0 Å². The molecule has 0 heterocycles. The molecule has 0 amide bonds. The van der Waals surface area contributed by atoms with E-state index in [1.807, 2.05) is 12.1 Å². The predicted octanol–water partition coefficient (Wildman–Crippen LogP) is 1.69. The third-order valence-electron chi connectivity index (χ3n) is 3.51. The first-order chi connectivity index (χ1) is 8.14. The van der Waals surface area contributed by atoms with Crippen LogP contribution in [0.3, 0.4) is 0 Å². The highest BCUT2D eigenvalue weighted by molar-refractivity contribution is 5.53. The molecule has 4 heteroatoms. The summed E-state index contributed by atoms with van der Waals surface area (Å²) in [4.78, 5) is 0. The zero-order chi connectivity index (χ0) is 12.5. The molecular weight excluding hydrogens is 218 g/mol. The molecule has 0 aromatic heterocycles. The maximum Gasteiger partial charge on any atom is 0.200 e. The lowest BCUT2D eigenvalue weighted by Gasteiger charge is -2.15. The van der Waals surface area contributed by atoms with Gasteiger partial charge in [-0.2, -0.15) is 0 Å². The molecule has 1 saturated carbocycles. The largest absolute Gasteiger partial charge is 0.502 e. The molecule has 0 atom stereocenters. The number of hydrogen-bond acceptors (Lipinski definition) is 4. The Hall–Kier alpha value is -1.42. The smallest absolute Gasteiger partial charge is 0.200 e. The fraction of sp³-hybridized carbons (Fsp3) is 0.538. The Morgan fingerprint density at radius 3 is 2.12 bits per heavy atom. The van der Waals surface area contributed by atoms with Crippen LogP contribution >= 0.6 is 0 Å². The van der Waals surface area contributed by atoms with Gasteiger partial charge >= 0.3 is 0 Å². The predicted molar refractivity (Wildman–Crippen MR) is 65.6 cm³/mol. The van der Waals surface area contributed by atoms with Crippen molar-refractivity contribution in [3.63, 3.8) is 0 Å². The van der Waals surface area contributed by atoms with Gasteiger partial charge in [0.15, 0.2) is 11.5 Å². The van der Waals surface area contributed by atoms with Gasteiger partial charge in [0.2, 0.25) is 5.75 Å². The number of benzene rings is 1. The molecule has 0 spiro atoms. The minimum absolute atomic E-state index is 0.0522. The summed E-state index contributed by atoms with van der Waals surface area (Å²) in [6, 6.07) is 3.71. The third-order valence-corrected chi connectivity index (χ3v) is 3.51. The molecule has 0 unspecified atom stereocenters. The number of hydrogen-bond donors (Lipinski definition) is 2. The van der Waals surface area contributed by atoms with Gasteiger partial charge in [0, 0.05) is 0 Å². The number of phenolic OH excluding ortho intramolecular Hbond substituents is 1. The highest BCUT2D eigenvalue weighted by Gasteiger charge is 2.41. The van der Waals surface area contributed by atoms with Crippen molar-refractivity contribution in [2.45, 2.75) is 19.3 Å². The average molecular weight is 237 g/mol. The maximum atomic E-state index is 9.81. The molecule has 17 heavy (non-hydrogen) atoms. The van der Waals surface area contributed by atoms with Crippen molar-refractivity contribution in [2.24, 2.45) is 11.1 Å². The second-order valence-electron chi connectivity index (χ2n) is 4.73. The van der Waals surface area contributed by atoms with E-state index in [-0.39, 0.29) is 11.2 Å². The van der Waals surface area contributed by atoms with Crippen molar-refractivity contribution in [1.29, 1.82) is 0 Å². The Balaban J connectivity index is 2.28. The molecule has 1 aromatic carbocycles. The van der Waals surface area contributed by atoms with E-state index in [9.17, 15) is 5.11 Å². The Kier molecular flexibility index (Phi) is 3.15. The first-order valence-electron chi connectivity index (χ1n) is 5.78. The van der Waals surface area contributed by atoms with Crippen molar-refractivity contribution in [2.75, 3.05) is 20.8 Å². The van der Waals surface area contributed by atoms with Crippen molar-refractivity contribution < 1.29 is 14.6 Å². The third kappa shape index (κ3) is 2.31. The molecule has 1 aliphatic rings.